The van der Waals surface area contributed by atoms with Crippen molar-refractivity contribution in [3.8, 4) is 0 Å². The predicted molar refractivity (Wildman–Crippen MR) is 54.1 cm³/mol. The first-order valence-electron chi connectivity index (χ1n) is 4.13. The van der Waals surface area contributed by atoms with E-state index in [0.717, 1.165) is 23.2 Å². The Bertz CT molecular complexity index is 135. The molecule has 0 radical (unpaired) electrons. The first-order chi connectivity index (χ1) is 5.68. The lowest BCUT2D eigenvalue weighted by atomic mass is 10.4. The van der Waals surface area contributed by atoms with E-state index >= 15 is 0 Å². The van der Waals surface area contributed by atoms with Gasteiger partial charge in [0.1, 0.15) is 5.41 Å². The fourth-order valence-electron chi connectivity index (χ4n) is 0.788. The Kier molecular flexibility index (Phi) is 6.05. The molecule has 0 aromatic rings. The molecule has 0 heterocycles. The highest BCUT2D eigenvalue weighted by Crippen LogP contribution is 2.09. The lowest BCUT2D eigenvalue weighted by Gasteiger charge is -2.26. The first kappa shape index (κ1) is 11.7. The van der Waals surface area contributed by atoms with Gasteiger partial charge in [0.25, 0.3) is 0 Å². The molecule has 12 heavy (non-hydrogen) atoms. The zero-order valence-corrected chi connectivity index (χ0v) is 10.4. The highest BCUT2D eigenvalue weighted by atomic mass is 28.1. The van der Waals surface area contributed by atoms with Crippen molar-refractivity contribution in [2.45, 2.75) is 18.8 Å². The standard InChI is InChI=1S/C8H19NO2Si/c1-4-6-9-7-5-8(12,10-2)11-3/h4,6,9H,5,7H2,1-3,12H3. The minimum absolute atomic E-state index is 0.325. The Morgan fingerprint density at radius 1 is 1.42 bits per heavy atom. The van der Waals surface area contributed by atoms with Crippen molar-refractivity contribution >= 4 is 10.2 Å². The summed E-state index contributed by atoms with van der Waals surface area (Å²) in [5.74, 6) is 0. The van der Waals surface area contributed by atoms with Gasteiger partial charge >= 0.3 is 0 Å². The third-order valence-corrected chi connectivity index (χ3v) is 3.19. The molecule has 4 heteroatoms. The molecule has 0 aromatic carbocycles. The summed E-state index contributed by atoms with van der Waals surface area (Å²) in [6, 6.07) is 0. The summed E-state index contributed by atoms with van der Waals surface area (Å²) in [5, 5.41) is 3.14. The fraction of sp³-hybridized carbons (Fsp3) is 0.750. The minimum Gasteiger partial charge on any atom is -0.391 e. The Hall–Kier alpha value is -0.323. The summed E-state index contributed by atoms with van der Waals surface area (Å²) in [5.41, 5.74) is -0.325. The lowest BCUT2D eigenvalue weighted by molar-refractivity contribution is -0.144. The summed E-state index contributed by atoms with van der Waals surface area (Å²) >= 11 is 0. The van der Waals surface area contributed by atoms with E-state index in [4.69, 9.17) is 9.47 Å². The minimum atomic E-state index is -0.325. The molecule has 0 aliphatic carbocycles. The van der Waals surface area contributed by atoms with Crippen molar-refractivity contribution in [2.24, 2.45) is 0 Å². The Morgan fingerprint density at radius 2 is 2.00 bits per heavy atom. The first-order valence-corrected chi connectivity index (χ1v) is 5.13. The summed E-state index contributed by atoms with van der Waals surface area (Å²) in [4.78, 5) is 0. The number of allylic oxidation sites excluding steroid dienone is 1. The van der Waals surface area contributed by atoms with Crippen molar-refractivity contribution in [1.29, 1.82) is 0 Å². The second kappa shape index (κ2) is 6.22. The molecule has 1 N–H and O–H groups in total. The fourth-order valence-corrected chi connectivity index (χ4v) is 1.04. The van der Waals surface area contributed by atoms with Crippen molar-refractivity contribution < 1.29 is 9.47 Å². The molecular weight excluding hydrogens is 170 g/mol. The molecule has 0 spiro atoms. The van der Waals surface area contributed by atoms with Gasteiger partial charge in [0.15, 0.2) is 0 Å². The maximum absolute atomic E-state index is 5.24. The molecule has 0 fully saturated rings. The zero-order chi connectivity index (χ0) is 9.45. The highest BCUT2D eigenvalue weighted by molar-refractivity contribution is 6.13. The molecule has 0 unspecified atom stereocenters. The SMILES string of the molecule is CC=CNCCC([SiH3])(OC)OC. The van der Waals surface area contributed by atoms with Gasteiger partial charge in [0.2, 0.25) is 0 Å². The number of hydrogen-bond acceptors (Lipinski definition) is 3. The van der Waals surface area contributed by atoms with E-state index in [1.165, 1.54) is 0 Å². The lowest BCUT2D eigenvalue weighted by Crippen LogP contribution is -2.36. The maximum atomic E-state index is 5.24. The number of ether oxygens (including phenoxy) is 2. The predicted octanol–water partition coefficient (Wildman–Crippen LogP) is -0.188. The van der Waals surface area contributed by atoms with Gasteiger partial charge in [-0.3, -0.25) is 0 Å². The molecule has 0 aliphatic heterocycles. The molecular formula is C8H19NO2Si. The maximum Gasteiger partial charge on any atom is 0.142 e. The molecule has 3 nitrogen and oxygen atoms in total. The number of nitrogens with one attached hydrogen (secondary N) is 1. The van der Waals surface area contributed by atoms with Crippen LogP contribution in [0.5, 0.6) is 0 Å². The van der Waals surface area contributed by atoms with Gasteiger partial charge in [-0.15, -0.1) is 0 Å². The van der Waals surface area contributed by atoms with E-state index in [0.29, 0.717) is 0 Å². The van der Waals surface area contributed by atoms with Crippen LogP contribution >= 0.6 is 0 Å². The van der Waals surface area contributed by atoms with Gasteiger partial charge in [-0.25, -0.2) is 0 Å². The number of methoxy groups -OCH3 is 2. The van der Waals surface area contributed by atoms with Gasteiger partial charge in [0.05, 0.1) is 10.2 Å². The molecule has 0 atom stereocenters. The van der Waals surface area contributed by atoms with Crippen LogP contribution in [0.25, 0.3) is 0 Å². The van der Waals surface area contributed by atoms with Crippen LogP contribution in [-0.2, 0) is 9.47 Å². The zero-order valence-electron chi connectivity index (χ0n) is 8.39. The van der Waals surface area contributed by atoms with Crippen LogP contribution in [0.15, 0.2) is 12.3 Å². The van der Waals surface area contributed by atoms with Gasteiger partial charge in [-0.05, 0) is 13.1 Å². The number of rotatable bonds is 6. The highest BCUT2D eigenvalue weighted by Gasteiger charge is 2.20. The molecule has 0 aromatic heterocycles. The normalized spacial score (nSPS) is 12.6. The molecule has 0 amide bonds. The van der Waals surface area contributed by atoms with Crippen LogP contribution in [0.4, 0.5) is 0 Å². The van der Waals surface area contributed by atoms with E-state index in [1.807, 2.05) is 19.2 Å². The largest absolute Gasteiger partial charge is 0.391 e. The van der Waals surface area contributed by atoms with E-state index in [1.54, 1.807) is 14.2 Å². The molecule has 0 saturated heterocycles. The van der Waals surface area contributed by atoms with Crippen LogP contribution in [0.1, 0.15) is 13.3 Å². The van der Waals surface area contributed by atoms with E-state index in [-0.39, 0.29) is 5.41 Å². The van der Waals surface area contributed by atoms with Crippen molar-refractivity contribution in [2.75, 3.05) is 20.8 Å². The summed E-state index contributed by atoms with van der Waals surface area (Å²) in [6.07, 6.45) is 4.78. The van der Waals surface area contributed by atoms with Crippen LogP contribution in [0, 0.1) is 0 Å². The van der Waals surface area contributed by atoms with E-state index in [2.05, 4.69) is 5.32 Å². The monoisotopic (exact) mass is 189 g/mol. The summed E-state index contributed by atoms with van der Waals surface area (Å²) < 4.78 is 10.5. The van der Waals surface area contributed by atoms with Gasteiger partial charge in [-0.2, -0.15) is 0 Å². The third kappa shape index (κ3) is 4.53. The Balaban J connectivity index is 3.58. The summed E-state index contributed by atoms with van der Waals surface area (Å²) in [6.45, 7) is 2.86. The van der Waals surface area contributed by atoms with Gasteiger partial charge < -0.3 is 14.8 Å². The molecule has 0 bridgehead atoms. The van der Waals surface area contributed by atoms with Crippen LogP contribution in [0.3, 0.4) is 0 Å². The summed E-state index contributed by atoms with van der Waals surface area (Å²) in [7, 11) is 4.25. The average Bonchev–Trinajstić information content (AvgIpc) is 2.12. The van der Waals surface area contributed by atoms with Crippen molar-refractivity contribution in [3.05, 3.63) is 12.3 Å². The second-order valence-corrected chi connectivity index (χ2v) is 4.27. The van der Waals surface area contributed by atoms with Crippen molar-refractivity contribution in [3.63, 3.8) is 0 Å². The quantitative estimate of drug-likeness (QED) is 0.357. The second-order valence-electron chi connectivity index (χ2n) is 2.75. The molecule has 0 rings (SSSR count). The Morgan fingerprint density at radius 3 is 2.42 bits per heavy atom. The van der Waals surface area contributed by atoms with Crippen molar-refractivity contribution in [1.82, 2.24) is 5.32 Å². The Labute approximate surface area is 77.6 Å². The third-order valence-electron chi connectivity index (χ3n) is 1.87. The molecule has 0 saturated carbocycles. The topological polar surface area (TPSA) is 30.5 Å². The smallest absolute Gasteiger partial charge is 0.142 e. The van der Waals surface area contributed by atoms with Gasteiger partial charge in [0, 0.05) is 27.2 Å². The van der Waals surface area contributed by atoms with E-state index in [9.17, 15) is 0 Å². The van der Waals surface area contributed by atoms with Gasteiger partial charge in [-0.1, -0.05) is 6.08 Å². The molecule has 72 valence electrons. The van der Waals surface area contributed by atoms with Crippen LogP contribution in [0.2, 0.25) is 0 Å². The number of hydrogen-bond donors (Lipinski definition) is 1. The molecule has 0 aliphatic rings. The van der Waals surface area contributed by atoms with Crippen LogP contribution < -0.4 is 5.32 Å². The van der Waals surface area contributed by atoms with E-state index < -0.39 is 0 Å². The average molecular weight is 189 g/mol. The van der Waals surface area contributed by atoms with Crippen LogP contribution in [-0.4, -0.2) is 36.4 Å².